The number of halogens is 1. The lowest BCUT2D eigenvalue weighted by atomic mass is 10.1. The normalized spacial score (nSPS) is 28.1. The van der Waals surface area contributed by atoms with E-state index in [1.54, 1.807) is 12.2 Å². The molecule has 0 amide bonds. The van der Waals surface area contributed by atoms with Gasteiger partial charge in [-0.05, 0) is 17.3 Å². The van der Waals surface area contributed by atoms with Crippen LogP contribution in [0.3, 0.4) is 0 Å². The second-order valence-electron chi connectivity index (χ2n) is 2.12. The van der Waals surface area contributed by atoms with Gasteiger partial charge in [0.2, 0.25) is 11.5 Å². The Morgan fingerprint density at radius 2 is 2.36 bits per heavy atom. The first kappa shape index (κ1) is 7.14. The maximum absolute atomic E-state index is 11.1. The van der Waals surface area contributed by atoms with Gasteiger partial charge < -0.3 is 9.05 Å². The number of hydrogen-bond acceptors (Lipinski definition) is 3. The summed E-state index contributed by atoms with van der Waals surface area (Å²) in [6.45, 7) is 0. The molecule has 0 N–H and O–H groups in total. The quantitative estimate of drug-likeness (QED) is 0.550. The molecule has 1 atom stereocenters. The lowest BCUT2D eigenvalue weighted by molar-refractivity contribution is -0.116. The van der Waals surface area contributed by atoms with Crippen molar-refractivity contribution >= 4 is 24.8 Å². The third kappa shape index (κ3) is 1.15. The molecule has 5 heteroatoms. The molecule has 58 valence electrons. The van der Waals surface area contributed by atoms with Crippen LogP contribution in [0, 0.1) is 0 Å². The van der Waals surface area contributed by atoms with Crippen molar-refractivity contribution in [3.8, 4) is 0 Å². The zero-order valence-electron chi connectivity index (χ0n) is 5.41. The number of rotatable bonds is 0. The van der Waals surface area contributed by atoms with Gasteiger partial charge in [0.1, 0.15) is 0 Å². The number of Topliss-reactive ketones (excluding diaryl/α,β-unsaturated/α-hetero) is 1. The van der Waals surface area contributed by atoms with Crippen LogP contribution < -0.4 is 0 Å². The Hall–Kier alpha value is -0.530. The molecule has 1 heterocycles. The third-order valence-corrected chi connectivity index (χ3v) is 2.46. The van der Waals surface area contributed by atoms with Crippen molar-refractivity contribution in [2.24, 2.45) is 0 Å². The molecule has 0 radical (unpaired) electrons. The van der Waals surface area contributed by atoms with Crippen molar-refractivity contribution in [3.05, 3.63) is 23.7 Å². The van der Waals surface area contributed by atoms with Crippen molar-refractivity contribution in [2.45, 2.75) is 6.42 Å². The molecule has 2 aliphatic rings. The van der Waals surface area contributed by atoms with Crippen LogP contribution in [0.15, 0.2) is 23.7 Å². The molecule has 2 rings (SSSR count). The summed E-state index contributed by atoms with van der Waals surface area (Å²) in [4.78, 5) is 11.1. The maximum Gasteiger partial charge on any atom is 0.401 e. The van der Waals surface area contributed by atoms with E-state index < -0.39 is 7.73 Å². The second-order valence-corrected chi connectivity index (χ2v) is 3.74. The van der Waals surface area contributed by atoms with E-state index in [4.69, 9.17) is 20.3 Å². The molecule has 0 saturated heterocycles. The van der Waals surface area contributed by atoms with E-state index in [9.17, 15) is 4.79 Å². The SMILES string of the molecule is O=C1CC=CC2=C1OP(Cl)O2. The monoisotopic (exact) mass is 190 g/mol. The highest BCUT2D eigenvalue weighted by molar-refractivity contribution is 7.76. The van der Waals surface area contributed by atoms with Crippen LogP contribution in [-0.4, -0.2) is 5.78 Å². The summed E-state index contributed by atoms with van der Waals surface area (Å²) in [5.41, 5.74) is 0. The van der Waals surface area contributed by atoms with Gasteiger partial charge in [-0.3, -0.25) is 4.79 Å². The zero-order chi connectivity index (χ0) is 7.84. The van der Waals surface area contributed by atoms with Crippen LogP contribution in [0.5, 0.6) is 0 Å². The summed E-state index contributed by atoms with van der Waals surface area (Å²) in [5.74, 6) is 0.698. The lowest BCUT2D eigenvalue weighted by Crippen LogP contribution is -2.04. The third-order valence-electron chi connectivity index (χ3n) is 1.38. The van der Waals surface area contributed by atoms with Crippen molar-refractivity contribution in [2.75, 3.05) is 0 Å². The fourth-order valence-electron chi connectivity index (χ4n) is 0.914. The van der Waals surface area contributed by atoms with Gasteiger partial charge in [-0.25, -0.2) is 0 Å². The van der Waals surface area contributed by atoms with Gasteiger partial charge in [0.05, 0.1) is 0 Å². The summed E-state index contributed by atoms with van der Waals surface area (Å²) in [5, 5.41) is 0. The van der Waals surface area contributed by atoms with Crippen LogP contribution in [0.25, 0.3) is 0 Å². The van der Waals surface area contributed by atoms with E-state index in [1.165, 1.54) is 0 Å². The molecule has 1 aliphatic carbocycles. The summed E-state index contributed by atoms with van der Waals surface area (Å²) in [6, 6.07) is 0. The van der Waals surface area contributed by atoms with Crippen LogP contribution in [0.1, 0.15) is 6.42 Å². The fourth-order valence-corrected chi connectivity index (χ4v) is 2.02. The summed E-state index contributed by atoms with van der Waals surface area (Å²) in [7, 11) is -1.42. The minimum Gasteiger partial charge on any atom is -0.423 e. The number of hydrogen-bond donors (Lipinski definition) is 0. The van der Waals surface area contributed by atoms with Crippen LogP contribution in [-0.2, 0) is 13.8 Å². The van der Waals surface area contributed by atoms with Crippen LogP contribution in [0.2, 0.25) is 0 Å². The largest absolute Gasteiger partial charge is 0.423 e. The lowest BCUT2D eigenvalue weighted by Gasteiger charge is -2.00. The fraction of sp³-hybridized carbons (Fsp3) is 0.167. The molecule has 3 nitrogen and oxygen atoms in total. The molecular formula is C6H4ClO3P. The molecule has 11 heavy (non-hydrogen) atoms. The van der Waals surface area contributed by atoms with Crippen LogP contribution in [0.4, 0.5) is 0 Å². The van der Waals surface area contributed by atoms with E-state index >= 15 is 0 Å². The second kappa shape index (κ2) is 2.50. The molecular weight excluding hydrogens is 186 g/mol. The molecule has 0 spiro atoms. The number of ketones is 1. The molecule has 0 bridgehead atoms. The Balaban J connectivity index is 2.32. The van der Waals surface area contributed by atoms with E-state index in [-0.39, 0.29) is 11.5 Å². The molecule has 0 aromatic rings. The smallest absolute Gasteiger partial charge is 0.401 e. The highest BCUT2D eigenvalue weighted by Crippen LogP contribution is 2.55. The summed E-state index contributed by atoms with van der Waals surface area (Å²) >= 11 is 5.54. The number of carbonyl (C=O) groups is 1. The molecule has 0 saturated carbocycles. The highest BCUT2D eigenvalue weighted by Gasteiger charge is 2.31. The van der Waals surface area contributed by atoms with Crippen LogP contribution >= 0.6 is 19.0 Å². The Bertz CT molecular complexity index is 271. The number of allylic oxidation sites excluding steroid dienone is 3. The molecule has 0 fully saturated rings. The van der Waals surface area contributed by atoms with Gasteiger partial charge in [0.25, 0.3) is 0 Å². The van der Waals surface area contributed by atoms with Gasteiger partial charge in [-0.2, -0.15) is 0 Å². The maximum atomic E-state index is 11.1. The standard InChI is InChI=1S/C6H4ClO3P/c7-11-9-5-3-1-2-4(8)6(5)10-11/h1,3H,2H2. The molecule has 1 unspecified atom stereocenters. The highest BCUT2D eigenvalue weighted by atomic mass is 35.7. The Morgan fingerprint density at radius 1 is 1.55 bits per heavy atom. The molecule has 1 aliphatic heterocycles. The Kier molecular flexibility index (Phi) is 1.63. The Morgan fingerprint density at radius 3 is 3.09 bits per heavy atom. The predicted octanol–water partition coefficient (Wildman–Crippen LogP) is 2.24. The van der Waals surface area contributed by atoms with Crippen molar-refractivity contribution in [3.63, 3.8) is 0 Å². The zero-order valence-corrected chi connectivity index (χ0v) is 7.06. The van der Waals surface area contributed by atoms with Crippen molar-refractivity contribution < 1.29 is 13.8 Å². The predicted molar refractivity (Wildman–Crippen MR) is 40.7 cm³/mol. The molecule has 0 aromatic heterocycles. The van der Waals surface area contributed by atoms with Gasteiger partial charge >= 0.3 is 7.73 Å². The van der Waals surface area contributed by atoms with Crippen molar-refractivity contribution in [1.29, 1.82) is 0 Å². The minimum atomic E-state index is -1.42. The van der Waals surface area contributed by atoms with Crippen molar-refractivity contribution in [1.82, 2.24) is 0 Å². The molecule has 0 aromatic carbocycles. The first-order valence-electron chi connectivity index (χ1n) is 3.03. The van der Waals surface area contributed by atoms with Gasteiger partial charge in [0.15, 0.2) is 5.76 Å². The average Bonchev–Trinajstić information content (AvgIpc) is 2.31. The van der Waals surface area contributed by atoms with E-state index in [2.05, 4.69) is 0 Å². The topological polar surface area (TPSA) is 35.5 Å². The van der Waals surface area contributed by atoms with E-state index in [0.29, 0.717) is 12.2 Å². The Labute approximate surface area is 69.3 Å². The van der Waals surface area contributed by atoms with E-state index in [1.807, 2.05) is 0 Å². The minimum absolute atomic E-state index is 0.0619. The van der Waals surface area contributed by atoms with Gasteiger partial charge in [0, 0.05) is 6.42 Å². The van der Waals surface area contributed by atoms with E-state index in [0.717, 1.165) is 0 Å². The average molecular weight is 191 g/mol. The first-order chi connectivity index (χ1) is 5.27. The number of carbonyl (C=O) groups excluding carboxylic acids is 1. The van der Waals surface area contributed by atoms with Gasteiger partial charge in [-0.1, -0.05) is 6.08 Å². The summed E-state index contributed by atoms with van der Waals surface area (Å²) < 4.78 is 9.98. The summed E-state index contributed by atoms with van der Waals surface area (Å²) in [6.07, 6.45) is 3.82. The first-order valence-corrected chi connectivity index (χ1v) is 5.11. The van der Waals surface area contributed by atoms with Gasteiger partial charge in [-0.15, -0.1) is 0 Å².